The average Bonchev–Trinajstić information content (AvgIpc) is 2.38. The molecule has 2 rings (SSSR count). The fourth-order valence-electron chi connectivity index (χ4n) is 1.50. The van der Waals surface area contributed by atoms with E-state index >= 15 is 0 Å². The summed E-state index contributed by atoms with van der Waals surface area (Å²) >= 11 is 5.77. The Kier molecular flexibility index (Phi) is 3.97. The second-order valence-electron chi connectivity index (χ2n) is 3.78. The summed E-state index contributed by atoms with van der Waals surface area (Å²) in [5.41, 5.74) is 0.544. The fraction of sp³-hybridized carbons (Fsp3) is 0.0769. The van der Waals surface area contributed by atoms with Crippen molar-refractivity contribution in [2.75, 3.05) is 0 Å². The van der Waals surface area contributed by atoms with Crippen LogP contribution in [0.2, 0.25) is 5.02 Å². The Bertz CT molecular complexity index is 601. The molecule has 0 N–H and O–H groups in total. The van der Waals surface area contributed by atoms with Gasteiger partial charge in [-0.05, 0) is 23.8 Å². The summed E-state index contributed by atoms with van der Waals surface area (Å²) in [6.45, 7) is 0.0987. The van der Waals surface area contributed by atoms with Gasteiger partial charge < -0.3 is 4.74 Å². The SMILES string of the molecule is O=[N+]([O-])c1ccc(Cl)cc1OCc1ccc(F)cc1. The van der Waals surface area contributed by atoms with Crippen molar-refractivity contribution >= 4 is 17.3 Å². The van der Waals surface area contributed by atoms with Crippen molar-refractivity contribution in [3.8, 4) is 5.75 Å². The Labute approximate surface area is 113 Å². The van der Waals surface area contributed by atoms with Crippen molar-refractivity contribution in [2.24, 2.45) is 0 Å². The molecule has 0 amide bonds. The molecule has 0 spiro atoms. The molecule has 0 aliphatic heterocycles. The Hall–Kier alpha value is -2.14. The third-order valence-electron chi connectivity index (χ3n) is 2.43. The molecule has 2 aromatic rings. The summed E-state index contributed by atoms with van der Waals surface area (Å²) in [5.74, 6) is -0.265. The molecule has 6 heteroatoms. The second-order valence-corrected chi connectivity index (χ2v) is 4.22. The van der Waals surface area contributed by atoms with E-state index in [-0.39, 0.29) is 23.9 Å². The number of halogens is 2. The van der Waals surface area contributed by atoms with Crippen LogP contribution in [0, 0.1) is 15.9 Å². The molecule has 0 radical (unpaired) electrons. The standard InChI is InChI=1S/C13H9ClFNO3/c14-10-3-6-12(16(17)18)13(7-10)19-8-9-1-4-11(15)5-2-9/h1-7H,8H2. The maximum Gasteiger partial charge on any atom is 0.311 e. The molecule has 0 fully saturated rings. The molecule has 0 aromatic heterocycles. The second kappa shape index (κ2) is 5.67. The van der Waals surface area contributed by atoms with Crippen LogP contribution in [0.1, 0.15) is 5.56 Å². The van der Waals surface area contributed by atoms with Crippen LogP contribution in [-0.4, -0.2) is 4.92 Å². The van der Waals surface area contributed by atoms with E-state index in [2.05, 4.69) is 0 Å². The lowest BCUT2D eigenvalue weighted by Crippen LogP contribution is -1.99. The normalized spacial score (nSPS) is 10.2. The van der Waals surface area contributed by atoms with E-state index in [0.717, 1.165) is 0 Å². The highest BCUT2D eigenvalue weighted by atomic mass is 35.5. The predicted molar refractivity (Wildman–Crippen MR) is 68.8 cm³/mol. The first-order valence-electron chi connectivity index (χ1n) is 5.37. The van der Waals surface area contributed by atoms with Crippen LogP contribution >= 0.6 is 11.6 Å². The highest BCUT2D eigenvalue weighted by Crippen LogP contribution is 2.30. The lowest BCUT2D eigenvalue weighted by Gasteiger charge is -2.07. The van der Waals surface area contributed by atoms with Gasteiger partial charge in [-0.1, -0.05) is 23.7 Å². The minimum Gasteiger partial charge on any atom is -0.482 e. The van der Waals surface area contributed by atoms with Crippen molar-refractivity contribution in [2.45, 2.75) is 6.61 Å². The number of nitro groups is 1. The molecule has 0 saturated carbocycles. The number of hydrogen-bond donors (Lipinski definition) is 0. The van der Waals surface area contributed by atoms with Gasteiger partial charge in [-0.25, -0.2) is 4.39 Å². The molecule has 0 atom stereocenters. The molecule has 2 aromatic carbocycles. The number of nitrogens with zero attached hydrogens (tertiary/aromatic N) is 1. The maximum absolute atomic E-state index is 12.7. The highest BCUT2D eigenvalue weighted by Gasteiger charge is 2.15. The molecular weight excluding hydrogens is 273 g/mol. The maximum atomic E-state index is 12.7. The van der Waals surface area contributed by atoms with E-state index in [4.69, 9.17) is 16.3 Å². The molecule has 0 heterocycles. The van der Waals surface area contributed by atoms with Gasteiger partial charge in [0.15, 0.2) is 5.75 Å². The topological polar surface area (TPSA) is 52.4 Å². The summed E-state index contributed by atoms with van der Waals surface area (Å²) in [7, 11) is 0. The first-order chi connectivity index (χ1) is 9.06. The van der Waals surface area contributed by atoms with Crippen LogP contribution in [0.3, 0.4) is 0 Å². The van der Waals surface area contributed by atoms with Gasteiger partial charge in [0.1, 0.15) is 12.4 Å². The van der Waals surface area contributed by atoms with Crippen LogP contribution in [0.4, 0.5) is 10.1 Å². The molecule has 0 unspecified atom stereocenters. The van der Waals surface area contributed by atoms with Crippen molar-refractivity contribution in [1.29, 1.82) is 0 Å². The zero-order valence-corrected chi connectivity index (χ0v) is 10.4. The summed E-state index contributed by atoms with van der Waals surface area (Å²) in [5, 5.41) is 11.2. The first-order valence-corrected chi connectivity index (χ1v) is 5.75. The quantitative estimate of drug-likeness (QED) is 0.629. The first kappa shape index (κ1) is 13.3. The molecule has 4 nitrogen and oxygen atoms in total. The summed E-state index contributed by atoms with van der Waals surface area (Å²) in [6.07, 6.45) is 0. The largest absolute Gasteiger partial charge is 0.482 e. The van der Waals surface area contributed by atoms with E-state index in [1.807, 2.05) is 0 Å². The molecule has 0 aliphatic carbocycles. The van der Waals surface area contributed by atoms with Crippen molar-refractivity contribution in [3.05, 3.63) is 69.0 Å². The number of benzene rings is 2. The van der Waals surface area contributed by atoms with Gasteiger partial charge >= 0.3 is 5.69 Å². The van der Waals surface area contributed by atoms with E-state index in [9.17, 15) is 14.5 Å². The van der Waals surface area contributed by atoms with Gasteiger partial charge in [0.2, 0.25) is 0 Å². The predicted octanol–water partition coefficient (Wildman–Crippen LogP) is 3.97. The van der Waals surface area contributed by atoms with Crippen LogP contribution in [0.5, 0.6) is 5.75 Å². The van der Waals surface area contributed by atoms with E-state index in [1.165, 1.54) is 30.3 Å². The van der Waals surface area contributed by atoms with E-state index in [0.29, 0.717) is 10.6 Å². The number of rotatable bonds is 4. The molecular formula is C13H9ClFNO3. The van der Waals surface area contributed by atoms with Gasteiger partial charge in [-0.2, -0.15) is 0 Å². The van der Waals surface area contributed by atoms with Crippen molar-refractivity contribution < 1.29 is 14.1 Å². The number of nitro benzene ring substituents is 1. The zero-order valence-electron chi connectivity index (χ0n) is 9.68. The number of hydrogen-bond acceptors (Lipinski definition) is 3. The monoisotopic (exact) mass is 281 g/mol. The third kappa shape index (κ3) is 3.42. The molecule has 0 aliphatic rings. The van der Waals surface area contributed by atoms with Crippen LogP contribution in [0.25, 0.3) is 0 Å². The van der Waals surface area contributed by atoms with Crippen molar-refractivity contribution in [1.82, 2.24) is 0 Å². The minimum absolute atomic E-state index is 0.0850. The van der Waals surface area contributed by atoms with Crippen LogP contribution in [0.15, 0.2) is 42.5 Å². The Morgan fingerprint density at radius 1 is 1.21 bits per heavy atom. The molecule has 98 valence electrons. The third-order valence-corrected chi connectivity index (χ3v) is 2.66. The smallest absolute Gasteiger partial charge is 0.311 e. The minimum atomic E-state index is -0.545. The highest BCUT2D eigenvalue weighted by molar-refractivity contribution is 6.30. The Balaban J connectivity index is 2.16. The summed E-state index contributed by atoms with van der Waals surface area (Å²) in [4.78, 5) is 10.3. The Morgan fingerprint density at radius 3 is 2.53 bits per heavy atom. The zero-order chi connectivity index (χ0) is 13.8. The molecule has 19 heavy (non-hydrogen) atoms. The van der Waals surface area contributed by atoms with Crippen LogP contribution < -0.4 is 4.74 Å². The summed E-state index contributed by atoms with van der Waals surface area (Å²) < 4.78 is 18.1. The molecule has 0 saturated heterocycles. The van der Waals surface area contributed by atoms with E-state index < -0.39 is 4.92 Å². The number of ether oxygens (including phenoxy) is 1. The van der Waals surface area contributed by atoms with Gasteiger partial charge in [-0.15, -0.1) is 0 Å². The van der Waals surface area contributed by atoms with Gasteiger partial charge in [0.05, 0.1) is 4.92 Å². The summed E-state index contributed by atoms with van der Waals surface area (Å²) in [6, 6.07) is 9.77. The van der Waals surface area contributed by atoms with Gasteiger partial charge in [0.25, 0.3) is 0 Å². The van der Waals surface area contributed by atoms with Crippen molar-refractivity contribution in [3.63, 3.8) is 0 Å². The van der Waals surface area contributed by atoms with E-state index in [1.54, 1.807) is 12.1 Å². The van der Waals surface area contributed by atoms with Gasteiger partial charge in [-0.3, -0.25) is 10.1 Å². The Morgan fingerprint density at radius 2 is 1.89 bits per heavy atom. The lowest BCUT2D eigenvalue weighted by atomic mass is 10.2. The van der Waals surface area contributed by atoms with Crippen LogP contribution in [-0.2, 0) is 6.61 Å². The average molecular weight is 282 g/mol. The van der Waals surface area contributed by atoms with Gasteiger partial charge in [0, 0.05) is 17.2 Å². The lowest BCUT2D eigenvalue weighted by molar-refractivity contribution is -0.385. The molecule has 0 bridgehead atoms. The fourth-order valence-corrected chi connectivity index (χ4v) is 1.66.